The third-order valence-corrected chi connectivity index (χ3v) is 3.13. The molecule has 0 atom stereocenters. The lowest BCUT2D eigenvalue weighted by atomic mass is 10.1. The number of hydrogen-bond acceptors (Lipinski definition) is 3. The molecular formula is C11H11BrN2O. The minimum Gasteiger partial charge on any atom is -0.396 e. The Bertz CT molecular complexity index is 473. The van der Waals surface area contributed by atoms with Gasteiger partial charge in [0.1, 0.15) is 0 Å². The van der Waals surface area contributed by atoms with E-state index in [1.54, 1.807) is 0 Å². The fourth-order valence-corrected chi connectivity index (χ4v) is 2.08. The normalized spacial score (nSPS) is 10.8. The monoisotopic (exact) mass is 266 g/mol. The van der Waals surface area contributed by atoms with E-state index in [9.17, 15) is 0 Å². The van der Waals surface area contributed by atoms with E-state index < -0.39 is 0 Å². The largest absolute Gasteiger partial charge is 0.396 e. The molecule has 0 fully saturated rings. The molecule has 0 saturated carbocycles. The molecule has 0 saturated heterocycles. The maximum absolute atomic E-state index is 8.77. The Morgan fingerprint density at radius 2 is 2.00 bits per heavy atom. The topological polar surface area (TPSA) is 46.0 Å². The van der Waals surface area contributed by atoms with Gasteiger partial charge in [-0.1, -0.05) is 18.2 Å². The Labute approximate surface area is 96.3 Å². The van der Waals surface area contributed by atoms with Gasteiger partial charge >= 0.3 is 0 Å². The summed E-state index contributed by atoms with van der Waals surface area (Å²) in [6.45, 7) is 0.181. The molecule has 0 spiro atoms. The summed E-state index contributed by atoms with van der Waals surface area (Å²) in [6.07, 6.45) is 1.46. The van der Waals surface area contributed by atoms with Crippen LogP contribution in [0.4, 0.5) is 0 Å². The van der Waals surface area contributed by atoms with Crippen molar-refractivity contribution in [1.29, 1.82) is 0 Å². The average Bonchev–Trinajstić information content (AvgIpc) is 2.29. The summed E-state index contributed by atoms with van der Waals surface area (Å²) in [4.78, 5) is 0. The van der Waals surface area contributed by atoms with Crippen LogP contribution in [0.15, 0.2) is 28.7 Å². The molecule has 0 aliphatic carbocycles. The van der Waals surface area contributed by atoms with Crippen LogP contribution in [0, 0.1) is 0 Å². The number of halogens is 1. The van der Waals surface area contributed by atoms with Crippen molar-refractivity contribution in [2.24, 2.45) is 0 Å². The Kier molecular flexibility index (Phi) is 3.28. The first-order valence-corrected chi connectivity index (χ1v) is 5.63. The third-order valence-electron chi connectivity index (χ3n) is 2.24. The van der Waals surface area contributed by atoms with Crippen molar-refractivity contribution in [3.05, 3.63) is 34.4 Å². The lowest BCUT2D eigenvalue weighted by molar-refractivity contribution is 0.288. The highest BCUT2D eigenvalue weighted by molar-refractivity contribution is 9.10. The predicted octanol–water partition coefficient (Wildman–Crippen LogP) is 2.32. The van der Waals surface area contributed by atoms with Gasteiger partial charge in [0.25, 0.3) is 0 Å². The van der Waals surface area contributed by atoms with Crippen molar-refractivity contribution in [3.8, 4) is 0 Å². The Hall–Kier alpha value is -1.00. The molecule has 78 valence electrons. The summed E-state index contributed by atoms with van der Waals surface area (Å²) in [5.41, 5.74) is 1.79. The van der Waals surface area contributed by atoms with Crippen LogP contribution in [0.25, 0.3) is 10.9 Å². The molecular weight excluding hydrogens is 256 g/mol. The van der Waals surface area contributed by atoms with E-state index >= 15 is 0 Å². The van der Waals surface area contributed by atoms with Crippen LogP contribution in [0.3, 0.4) is 0 Å². The smallest absolute Gasteiger partial charge is 0.0941 e. The minimum atomic E-state index is 0.181. The quantitative estimate of drug-likeness (QED) is 0.928. The fourth-order valence-electron chi connectivity index (χ4n) is 1.47. The zero-order valence-electron chi connectivity index (χ0n) is 8.15. The number of benzene rings is 1. The lowest BCUT2D eigenvalue weighted by Gasteiger charge is -2.04. The fraction of sp³-hybridized carbons (Fsp3) is 0.273. The molecule has 1 aromatic carbocycles. The van der Waals surface area contributed by atoms with Gasteiger partial charge in [0, 0.05) is 12.0 Å². The molecule has 2 aromatic rings. The molecule has 0 radical (unpaired) electrons. The minimum absolute atomic E-state index is 0.181. The molecule has 0 bridgehead atoms. The summed E-state index contributed by atoms with van der Waals surface area (Å²) >= 11 is 3.53. The molecule has 1 N–H and O–H groups in total. The van der Waals surface area contributed by atoms with Gasteiger partial charge in [-0.05, 0) is 34.8 Å². The molecule has 0 aliphatic heterocycles. The maximum Gasteiger partial charge on any atom is 0.0941 e. The van der Waals surface area contributed by atoms with E-state index in [4.69, 9.17) is 5.11 Å². The lowest BCUT2D eigenvalue weighted by Crippen LogP contribution is -1.97. The number of fused-ring (bicyclic) bond motifs is 1. The van der Waals surface area contributed by atoms with Gasteiger partial charge in [-0.2, -0.15) is 10.2 Å². The van der Waals surface area contributed by atoms with Gasteiger partial charge in [0.2, 0.25) is 0 Å². The summed E-state index contributed by atoms with van der Waals surface area (Å²) in [6, 6.07) is 7.86. The molecule has 0 aliphatic rings. The van der Waals surface area contributed by atoms with E-state index in [1.165, 1.54) is 0 Å². The van der Waals surface area contributed by atoms with Gasteiger partial charge in [-0.15, -0.1) is 0 Å². The van der Waals surface area contributed by atoms with Gasteiger partial charge < -0.3 is 5.11 Å². The molecule has 1 aromatic heterocycles. The van der Waals surface area contributed by atoms with Crippen molar-refractivity contribution in [1.82, 2.24) is 10.2 Å². The Balaban J connectivity index is 2.45. The maximum atomic E-state index is 8.77. The van der Waals surface area contributed by atoms with E-state index in [0.29, 0.717) is 6.42 Å². The summed E-state index contributed by atoms with van der Waals surface area (Å²) in [7, 11) is 0. The highest BCUT2D eigenvalue weighted by Crippen LogP contribution is 2.24. The number of hydrogen-bond donors (Lipinski definition) is 1. The van der Waals surface area contributed by atoms with Gasteiger partial charge in [0.05, 0.1) is 15.7 Å². The van der Waals surface area contributed by atoms with E-state index in [1.807, 2.05) is 24.3 Å². The number of nitrogens with zero attached hydrogens (tertiary/aromatic N) is 2. The Morgan fingerprint density at radius 3 is 2.80 bits per heavy atom. The number of aliphatic hydroxyl groups excluding tert-OH is 1. The van der Waals surface area contributed by atoms with Gasteiger partial charge in [-0.3, -0.25) is 0 Å². The number of aryl methyl sites for hydroxylation is 1. The van der Waals surface area contributed by atoms with Crippen LogP contribution < -0.4 is 0 Å². The van der Waals surface area contributed by atoms with E-state index in [-0.39, 0.29) is 6.61 Å². The van der Waals surface area contributed by atoms with E-state index in [0.717, 1.165) is 27.5 Å². The summed E-state index contributed by atoms with van der Waals surface area (Å²) in [5, 5.41) is 18.1. The van der Waals surface area contributed by atoms with Gasteiger partial charge in [-0.25, -0.2) is 0 Å². The molecule has 0 unspecified atom stereocenters. The van der Waals surface area contributed by atoms with Crippen LogP contribution in [-0.2, 0) is 6.42 Å². The highest BCUT2D eigenvalue weighted by Gasteiger charge is 2.06. The molecule has 4 heteroatoms. The SMILES string of the molecule is OCCCc1nnc2ccccc2c1Br. The first-order valence-electron chi connectivity index (χ1n) is 4.83. The average molecular weight is 267 g/mol. The second-order valence-electron chi connectivity index (χ2n) is 3.30. The standard InChI is InChI=1S/C11H11BrN2O/c12-11-8-4-1-2-5-9(8)13-14-10(11)6-3-7-15/h1-2,4-5,15H,3,6-7H2. The van der Waals surface area contributed by atoms with Crippen LogP contribution in [0.1, 0.15) is 12.1 Å². The summed E-state index contributed by atoms with van der Waals surface area (Å²) in [5.74, 6) is 0. The second-order valence-corrected chi connectivity index (χ2v) is 4.10. The number of rotatable bonds is 3. The van der Waals surface area contributed by atoms with Crippen LogP contribution >= 0.6 is 15.9 Å². The van der Waals surface area contributed by atoms with Crippen LogP contribution in [0.2, 0.25) is 0 Å². The third kappa shape index (κ3) is 2.16. The number of aliphatic hydroxyl groups is 1. The zero-order chi connectivity index (χ0) is 10.7. The van der Waals surface area contributed by atoms with Crippen molar-refractivity contribution < 1.29 is 5.11 Å². The first kappa shape index (κ1) is 10.5. The molecule has 0 amide bonds. The van der Waals surface area contributed by atoms with E-state index in [2.05, 4.69) is 26.1 Å². The summed E-state index contributed by atoms with van der Waals surface area (Å²) < 4.78 is 0.988. The highest BCUT2D eigenvalue weighted by atomic mass is 79.9. The number of aromatic nitrogens is 2. The van der Waals surface area contributed by atoms with Crippen molar-refractivity contribution in [2.75, 3.05) is 6.61 Å². The van der Waals surface area contributed by atoms with Crippen LogP contribution in [0.5, 0.6) is 0 Å². The zero-order valence-corrected chi connectivity index (χ0v) is 9.74. The second kappa shape index (κ2) is 4.68. The molecule has 3 nitrogen and oxygen atoms in total. The van der Waals surface area contributed by atoms with Crippen molar-refractivity contribution in [2.45, 2.75) is 12.8 Å². The van der Waals surface area contributed by atoms with Crippen molar-refractivity contribution in [3.63, 3.8) is 0 Å². The predicted molar refractivity (Wildman–Crippen MR) is 62.6 cm³/mol. The molecule has 1 heterocycles. The van der Waals surface area contributed by atoms with Gasteiger partial charge in [0.15, 0.2) is 0 Å². The molecule has 2 rings (SSSR count). The molecule has 15 heavy (non-hydrogen) atoms. The Morgan fingerprint density at radius 1 is 1.20 bits per heavy atom. The first-order chi connectivity index (χ1) is 7.33. The van der Waals surface area contributed by atoms with Crippen molar-refractivity contribution >= 4 is 26.8 Å². The van der Waals surface area contributed by atoms with Crippen LogP contribution in [-0.4, -0.2) is 21.9 Å².